The summed E-state index contributed by atoms with van der Waals surface area (Å²) in [5.74, 6) is -0.385. The van der Waals surface area contributed by atoms with Crippen LogP contribution in [0, 0.1) is 0 Å². The van der Waals surface area contributed by atoms with E-state index in [1.54, 1.807) is 29.1 Å². The Morgan fingerprint density at radius 2 is 2.27 bits per heavy atom. The van der Waals surface area contributed by atoms with E-state index in [0.29, 0.717) is 11.5 Å². The fourth-order valence-corrected chi connectivity index (χ4v) is 1.29. The molecule has 2 aromatic heterocycles. The number of pyridine rings is 1. The molecule has 0 atom stereocenters. The first-order valence-electron chi connectivity index (χ1n) is 4.36. The molecule has 0 unspecified atom stereocenters. The van der Waals surface area contributed by atoms with Crippen LogP contribution in [0.25, 0.3) is 11.5 Å². The van der Waals surface area contributed by atoms with E-state index in [9.17, 15) is 4.79 Å². The van der Waals surface area contributed by atoms with Crippen LogP contribution in [0.1, 0.15) is 10.5 Å². The van der Waals surface area contributed by atoms with Gasteiger partial charge in [0.15, 0.2) is 5.82 Å². The van der Waals surface area contributed by atoms with Crippen LogP contribution < -0.4 is 0 Å². The molecule has 2 rings (SSSR count). The third kappa shape index (κ3) is 1.71. The van der Waals surface area contributed by atoms with Crippen molar-refractivity contribution in [2.24, 2.45) is 7.05 Å². The Labute approximate surface area is 86.0 Å². The molecule has 0 amide bonds. The Morgan fingerprint density at radius 1 is 1.47 bits per heavy atom. The summed E-state index contributed by atoms with van der Waals surface area (Å²) >= 11 is 0. The molecule has 0 aromatic carbocycles. The fraction of sp³-hybridized carbons (Fsp3) is 0.100. The second kappa shape index (κ2) is 3.53. The van der Waals surface area contributed by atoms with Crippen molar-refractivity contribution in [2.75, 3.05) is 0 Å². The molecule has 2 aromatic rings. The molecule has 76 valence electrons. The lowest BCUT2D eigenvalue weighted by Crippen LogP contribution is -2.02. The zero-order chi connectivity index (χ0) is 10.8. The van der Waals surface area contributed by atoms with Crippen molar-refractivity contribution in [1.29, 1.82) is 0 Å². The summed E-state index contributed by atoms with van der Waals surface area (Å²) in [5.41, 5.74) is 0.581. The lowest BCUT2D eigenvalue weighted by molar-refractivity contribution is 0.0690. The Balaban J connectivity index is 2.50. The second-order valence-electron chi connectivity index (χ2n) is 3.07. The average molecular weight is 203 g/mol. The van der Waals surface area contributed by atoms with E-state index < -0.39 is 5.97 Å². The zero-order valence-electron chi connectivity index (χ0n) is 8.08. The fourth-order valence-electron chi connectivity index (χ4n) is 1.29. The molecule has 5 heteroatoms. The van der Waals surface area contributed by atoms with Crippen LogP contribution in [0.2, 0.25) is 0 Å². The first-order chi connectivity index (χ1) is 7.18. The van der Waals surface area contributed by atoms with Gasteiger partial charge in [0.25, 0.3) is 0 Å². The van der Waals surface area contributed by atoms with Crippen LogP contribution in [0.3, 0.4) is 0 Å². The minimum Gasteiger partial charge on any atom is -0.477 e. The number of carboxylic acid groups (broad SMARTS) is 1. The highest BCUT2D eigenvalue weighted by atomic mass is 16.4. The van der Waals surface area contributed by atoms with Gasteiger partial charge in [-0.25, -0.2) is 14.8 Å². The Morgan fingerprint density at radius 3 is 2.87 bits per heavy atom. The van der Waals surface area contributed by atoms with E-state index in [1.165, 1.54) is 6.07 Å². The largest absolute Gasteiger partial charge is 0.477 e. The molecule has 0 radical (unpaired) electrons. The van der Waals surface area contributed by atoms with Crippen LogP contribution in [0.15, 0.2) is 30.6 Å². The normalized spacial score (nSPS) is 10.2. The van der Waals surface area contributed by atoms with Crippen LogP contribution in [0.4, 0.5) is 0 Å². The van der Waals surface area contributed by atoms with Crippen molar-refractivity contribution in [3.63, 3.8) is 0 Å². The first-order valence-corrected chi connectivity index (χ1v) is 4.36. The quantitative estimate of drug-likeness (QED) is 0.795. The van der Waals surface area contributed by atoms with E-state index in [-0.39, 0.29) is 5.69 Å². The molecule has 0 spiro atoms. The third-order valence-electron chi connectivity index (χ3n) is 2.02. The molecule has 0 saturated heterocycles. The number of aryl methyl sites for hydroxylation is 1. The molecule has 0 aliphatic heterocycles. The van der Waals surface area contributed by atoms with Crippen LogP contribution >= 0.6 is 0 Å². The lowest BCUT2D eigenvalue weighted by Gasteiger charge is -2.01. The van der Waals surface area contributed by atoms with Crippen molar-refractivity contribution >= 4 is 5.97 Å². The summed E-state index contributed by atoms with van der Waals surface area (Å²) in [6, 6.07) is 4.84. The lowest BCUT2D eigenvalue weighted by atomic mass is 10.3. The number of nitrogens with zero attached hydrogens (tertiary/aromatic N) is 3. The summed E-state index contributed by atoms with van der Waals surface area (Å²) in [6.07, 6.45) is 3.43. The third-order valence-corrected chi connectivity index (χ3v) is 2.02. The van der Waals surface area contributed by atoms with Crippen molar-refractivity contribution in [1.82, 2.24) is 14.5 Å². The number of hydrogen-bond acceptors (Lipinski definition) is 3. The molecule has 5 nitrogen and oxygen atoms in total. The summed E-state index contributed by atoms with van der Waals surface area (Å²) in [5, 5.41) is 8.79. The van der Waals surface area contributed by atoms with Gasteiger partial charge in [0, 0.05) is 19.4 Å². The van der Waals surface area contributed by atoms with Gasteiger partial charge < -0.3 is 9.67 Å². The molecular weight excluding hydrogens is 194 g/mol. The predicted molar refractivity (Wildman–Crippen MR) is 53.4 cm³/mol. The maximum Gasteiger partial charge on any atom is 0.354 e. The van der Waals surface area contributed by atoms with E-state index in [0.717, 1.165) is 0 Å². The smallest absolute Gasteiger partial charge is 0.354 e. The number of aromatic nitrogens is 3. The van der Waals surface area contributed by atoms with E-state index in [1.807, 2.05) is 7.05 Å². The summed E-state index contributed by atoms with van der Waals surface area (Å²) in [6.45, 7) is 0. The molecule has 2 heterocycles. The average Bonchev–Trinajstić information content (AvgIpc) is 2.64. The molecule has 1 N–H and O–H groups in total. The highest BCUT2D eigenvalue weighted by Gasteiger charge is 2.08. The Hall–Kier alpha value is -2.17. The molecule has 0 saturated carbocycles. The number of rotatable bonds is 2. The number of aromatic carboxylic acids is 1. The minimum atomic E-state index is -1.04. The number of hydrogen-bond donors (Lipinski definition) is 1. The van der Waals surface area contributed by atoms with Gasteiger partial charge in [0.1, 0.15) is 11.4 Å². The molecule has 0 bridgehead atoms. The Kier molecular flexibility index (Phi) is 2.21. The molecule has 0 aliphatic rings. The van der Waals surface area contributed by atoms with Gasteiger partial charge in [-0.05, 0) is 12.1 Å². The SMILES string of the molecule is Cn1ccnc1-c1cccc(C(=O)O)n1. The predicted octanol–water partition coefficient (Wildman–Crippen LogP) is 1.18. The number of carboxylic acids is 1. The number of imidazole rings is 1. The van der Waals surface area contributed by atoms with Crippen LogP contribution in [-0.4, -0.2) is 25.6 Å². The summed E-state index contributed by atoms with van der Waals surface area (Å²) in [7, 11) is 1.83. The highest BCUT2D eigenvalue weighted by Crippen LogP contribution is 2.13. The van der Waals surface area contributed by atoms with Gasteiger partial charge in [-0.1, -0.05) is 6.07 Å². The maximum absolute atomic E-state index is 10.7. The van der Waals surface area contributed by atoms with Gasteiger partial charge in [-0.3, -0.25) is 0 Å². The van der Waals surface area contributed by atoms with Gasteiger partial charge in [-0.15, -0.1) is 0 Å². The molecular formula is C10H9N3O2. The molecule has 0 aliphatic carbocycles. The van der Waals surface area contributed by atoms with Crippen molar-refractivity contribution < 1.29 is 9.90 Å². The van der Waals surface area contributed by atoms with Crippen molar-refractivity contribution in [3.8, 4) is 11.5 Å². The molecule has 0 fully saturated rings. The van der Waals surface area contributed by atoms with Gasteiger partial charge in [-0.2, -0.15) is 0 Å². The zero-order valence-corrected chi connectivity index (χ0v) is 8.08. The maximum atomic E-state index is 10.7. The molecule has 15 heavy (non-hydrogen) atoms. The van der Waals surface area contributed by atoms with Gasteiger partial charge >= 0.3 is 5.97 Å². The summed E-state index contributed by atoms with van der Waals surface area (Å²) in [4.78, 5) is 18.8. The summed E-state index contributed by atoms with van der Waals surface area (Å²) < 4.78 is 1.79. The highest BCUT2D eigenvalue weighted by molar-refractivity contribution is 5.85. The van der Waals surface area contributed by atoms with Gasteiger partial charge in [0.05, 0.1) is 0 Å². The monoisotopic (exact) mass is 203 g/mol. The standard InChI is InChI=1S/C10H9N3O2/c1-13-6-5-11-9(13)7-3-2-4-8(12-7)10(14)15/h2-6H,1H3,(H,14,15). The minimum absolute atomic E-state index is 0.0236. The van der Waals surface area contributed by atoms with E-state index in [4.69, 9.17) is 5.11 Å². The van der Waals surface area contributed by atoms with E-state index >= 15 is 0 Å². The first kappa shape index (κ1) is 9.39. The second-order valence-corrected chi connectivity index (χ2v) is 3.07. The Bertz CT molecular complexity index is 505. The van der Waals surface area contributed by atoms with Gasteiger partial charge in [0.2, 0.25) is 0 Å². The number of carbonyl (C=O) groups is 1. The van der Waals surface area contributed by atoms with Crippen LogP contribution in [-0.2, 0) is 7.05 Å². The van der Waals surface area contributed by atoms with E-state index in [2.05, 4.69) is 9.97 Å². The van der Waals surface area contributed by atoms with Crippen molar-refractivity contribution in [2.45, 2.75) is 0 Å². The topological polar surface area (TPSA) is 68.0 Å². The van der Waals surface area contributed by atoms with Crippen molar-refractivity contribution in [3.05, 3.63) is 36.3 Å². The van der Waals surface area contributed by atoms with Crippen LogP contribution in [0.5, 0.6) is 0 Å².